The van der Waals surface area contributed by atoms with Crippen molar-refractivity contribution in [2.75, 3.05) is 0 Å². The molecule has 0 amide bonds. The van der Waals surface area contributed by atoms with Crippen LogP contribution in [0.25, 0.3) is 4.96 Å². The van der Waals surface area contributed by atoms with E-state index in [1.54, 1.807) is 11.3 Å². The van der Waals surface area contributed by atoms with Crippen molar-refractivity contribution in [1.82, 2.24) is 9.38 Å². The number of Topliss-reactive ketones (excluding diaryl/α,β-unsaturated/α-hetero) is 1. The Morgan fingerprint density at radius 3 is 2.85 bits per heavy atom. The standard InChI is InChI=1S/C16H16N2OS/c1-12-2-4-13(5-3-12)6-7-15(19)10-14-11-18-8-9-20-16(18)17-14/h2-5,8-9,11H,6-7,10H2,1H3. The van der Waals surface area contributed by atoms with Crippen LogP contribution in [-0.4, -0.2) is 15.2 Å². The van der Waals surface area contributed by atoms with Crippen LogP contribution in [0.1, 0.15) is 23.2 Å². The van der Waals surface area contributed by atoms with Crippen LogP contribution in [0.3, 0.4) is 0 Å². The number of carbonyl (C=O) groups excluding carboxylic acids is 1. The van der Waals surface area contributed by atoms with Gasteiger partial charge < -0.3 is 0 Å². The number of hydrogen-bond acceptors (Lipinski definition) is 3. The highest BCUT2D eigenvalue weighted by Crippen LogP contribution is 2.13. The summed E-state index contributed by atoms with van der Waals surface area (Å²) in [4.78, 5) is 17.4. The molecule has 0 aliphatic carbocycles. The van der Waals surface area contributed by atoms with Crippen molar-refractivity contribution >= 4 is 22.1 Å². The molecule has 0 spiro atoms. The minimum Gasteiger partial charge on any atom is -0.299 e. The molecule has 0 N–H and O–H groups in total. The molecule has 2 aromatic heterocycles. The van der Waals surface area contributed by atoms with E-state index in [1.165, 1.54) is 11.1 Å². The number of nitrogens with zero attached hydrogens (tertiary/aromatic N) is 2. The van der Waals surface area contributed by atoms with Crippen molar-refractivity contribution in [2.24, 2.45) is 0 Å². The summed E-state index contributed by atoms with van der Waals surface area (Å²) in [5.74, 6) is 0.247. The Labute approximate surface area is 121 Å². The second kappa shape index (κ2) is 5.59. The van der Waals surface area contributed by atoms with E-state index in [0.717, 1.165) is 17.1 Å². The summed E-state index contributed by atoms with van der Waals surface area (Å²) in [5.41, 5.74) is 3.33. The molecule has 0 fully saturated rings. The first-order valence-electron chi connectivity index (χ1n) is 6.69. The molecule has 2 heterocycles. The fourth-order valence-electron chi connectivity index (χ4n) is 2.19. The third kappa shape index (κ3) is 2.96. The number of fused-ring (bicyclic) bond motifs is 1. The molecule has 20 heavy (non-hydrogen) atoms. The van der Waals surface area contributed by atoms with Crippen LogP contribution in [0.15, 0.2) is 42.0 Å². The third-order valence-corrected chi connectivity index (χ3v) is 4.11. The lowest BCUT2D eigenvalue weighted by Gasteiger charge is -2.01. The smallest absolute Gasteiger partial charge is 0.193 e. The highest BCUT2D eigenvalue weighted by molar-refractivity contribution is 7.15. The molecule has 3 nitrogen and oxygen atoms in total. The van der Waals surface area contributed by atoms with Crippen LogP contribution in [0, 0.1) is 6.92 Å². The Bertz CT molecular complexity index is 696. The Morgan fingerprint density at radius 1 is 1.30 bits per heavy atom. The van der Waals surface area contributed by atoms with Crippen LogP contribution < -0.4 is 0 Å². The van der Waals surface area contributed by atoms with Gasteiger partial charge in [0.1, 0.15) is 5.78 Å². The third-order valence-electron chi connectivity index (χ3n) is 3.33. The second-order valence-corrected chi connectivity index (χ2v) is 5.90. The normalized spacial score (nSPS) is 11.1. The van der Waals surface area contributed by atoms with E-state index in [4.69, 9.17) is 0 Å². The van der Waals surface area contributed by atoms with Crippen LogP contribution in [0.5, 0.6) is 0 Å². The minimum absolute atomic E-state index is 0.247. The molecule has 0 radical (unpaired) electrons. The zero-order valence-electron chi connectivity index (χ0n) is 11.4. The van der Waals surface area contributed by atoms with Gasteiger partial charge in [-0.25, -0.2) is 4.98 Å². The average Bonchev–Trinajstić information content (AvgIpc) is 2.99. The summed E-state index contributed by atoms with van der Waals surface area (Å²) < 4.78 is 1.97. The molecule has 0 aliphatic heterocycles. The van der Waals surface area contributed by atoms with Gasteiger partial charge in [-0.05, 0) is 18.9 Å². The topological polar surface area (TPSA) is 34.4 Å². The molecule has 3 rings (SSSR count). The quantitative estimate of drug-likeness (QED) is 0.719. The maximum atomic E-state index is 12.0. The molecule has 0 atom stereocenters. The van der Waals surface area contributed by atoms with E-state index in [0.29, 0.717) is 12.8 Å². The van der Waals surface area contributed by atoms with Crippen LogP contribution in [-0.2, 0) is 17.6 Å². The summed E-state index contributed by atoms with van der Waals surface area (Å²) >= 11 is 1.59. The first-order valence-corrected chi connectivity index (χ1v) is 7.57. The summed E-state index contributed by atoms with van der Waals surface area (Å²) in [6, 6.07) is 8.36. The molecule has 1 aromatic carbocycles. The lowest BCUT2D eigenvalue weighted by atomic mass is 10.0. The number of imidazole rings is 1. The fraction of sp³-hybridized carbons (Fsp3) is 0.250. The van der Waals surface area contributed by atoms with Crippen molar-refractivity contribution in [2.45, 2.75) is 26.2 Å². The molecule has 102 valence electrons. The number of ketones is 1. The highest BCUT2D eigenvalue weighted by Gasteiger charge is 2.08. The number of hydrogen-bond donors (Lipinski definition) is 0. The molecule has 0 unspecified atom stereocenters. The summed E-state index contributed by atoms with van der Waals surface area (Å²) in [6.07, 6.45) is 5.72. The Hall–Kier alpha value is -1.94. The van der Waals surface area contributed by atoms with E-state index in [2.05, 4.69) is 36.2 Å². The van der Waals surface area contributed by atoms with Crippen LogP contribution in [0.4, 0.5) is 0 Å². The van der Waals surface area contributed by atoms with E-state index >= 15 is 0 Å². The van der Waals surface area contributed by atoms with E-state index in [1.807, 2.05) is 22.2 Å². The first kappa shape index (κ1) is 13.1. The summed E-state index contributed by atoms with van der Waals surface area (Å²) in [5, 5.41) is 1.99. The predicted octanol–water partition coefficient (Wildman–Crippen LogP) is 3.45. The zero-order chi connectivity index (χ0) is 13.9. The SMILES string of the molecule is Cc1ccc(CCC(=O)Cc2cn3ccsc3n2)cc1. The van der Waals surface area contributed by atoms with Crippen LogP contribution in [0.2, 0.25) is 0 Å². The predicted molar refractivity (Wildman–Crippen MR) is 81.3 cm³/mol. The maximum absolute atomic E-state index is 12.0. The number of aromatic nitrogens is 2. The van der Waals surface area contributed by atoms with Gasteiger partial charge in [-0.2, -0.15) is 0 Å². The van der Waals surface area contributed by atoms with Crippen molar-refractivity contribution in [1.29, 1.82) is 0 Å². The molecule has 3 aromatic rings. The average molecular weight is 284 g/mol. The van der Waals surface area contributed by atoms with Crippen molar-refractivity contribution < 1.29 is 4.79 Å². The largest absolute Gasteiger partial charge is 0.299 e. The number of thiazole rings is 1. The van der Waals surface area contributed by atoms with Crippen molar-refractivity contribution in [3.8, 4) is 0 Å². The molecule has 0 aliphatic rings. The highest BCUT2D eigenvalue weighted by atomic mass is 32.1. The van der Waals surface area contributed by atoms with Gasteiger partial charge in [0.25, 0.3) is 0 Å². The molecule has 0 saturated carbocycles. The van der Waals surface area contributed by atoms with Gasteiger partial charge in [0.2, 0.25) is 0 Å². The van der Waals surface area contributed by atoms with Gasteiger partial charge in [0.15, 0.2) is 4.96 Å². The number of rotatable bonds is 5. The Kier molecular flexibility index (Phi) is 3.65. The van der Waals surface area contributed by atoms with E-state index < -0.39 is 0 Å². The molecular weight excluding hydrogens is 268 g/mol. The molecule has 0 bridgehead atoms. The molecular formula is C16H16N2OS. The maximum Gasteiger partial charge on any atom is 0.193 e. The van der Waals surface area contributed by atoms with Gasteiger partial charge in [0.05, 0.1) is 12.1 Å². The number of benzene rings is 1. The van der Waals surface area contributed by atoms with Gasteiger partial charge in [-0.3, -0.25) is 9.20 Å². The lowest BCUT2D eigenvalue weighted by molar-refractivity contribution is -0.118. The summed E-state index contributed by atoms with van der Waals surface area (Å²) in [7, 11) is 0. The monoisotopic (exact) mass is 284 g/mol. The number of carbonyl (C=O) groups is 1. The van der Waals surface area contributed by atoms with E-state index in [-0.39, 0.29) is 5.78 Å². The van der Waals surface area contributed by atoms with Gasteiger partial charge in [-0.15, -0.1) is 11.3 Å². The minimum atomic E-state index is 0.247. The first-order chi connectivity index (χ1) is 9.70. The Morgan fingerprint density at radius 2 is 2.10 bits per heavy atom. The van der Waals surface area contributed by atoms with Gasteiger partial charge in [-0.1, -0.05) is 29.8 Å². The van der Waals surface area contributed by atoms with Crippen molar-refractivity contribution in [3.05, 3.63) is 58.9 Å². The number of aryl methyl sites for hydroxylation is 2. The lowest BCUT2D eigenvalue weighted by Crippen LogP contribution is -2.04. The fourth-order valence-corrected chi connectivity index (χ4v) is 2.91. The van der Waals surface area contributed by atoms with Gasteiger partial charge in [0, 0.05) is 24.2 Å². The molecule has 0 saturated heterocycles. The van der Waals surface area contributed by atoms with E-state index in [9.17, 15) is 4.79 Å². The second-order valence-electron chi connectivity index (χ2n) is 5.03. The van der Waals surface area contributed by atoms with Crippen LogP contribution >= 0.6 is 11.3 Å². The van der Waals surface area contributed by atoms with Gasteiger partial charge >= 0.3 is 0 Å². The summed E-state index contributed by atoms with van der Waals surface area (Å²) in [6.45, 7) is 2.07. The Balaban J connectivity index is 1.57. The zero-order valence-corrected chi connectivity index (χ0v) is 12.2. The molecule has 4 heteroatoms. The van der Waals surface area contributed by atoms with Crippen molar-refractivity contribution in [3.63, 3.8) is 0 Å².